The molecule has 45 heavy (non-hydrogen) atoms. The second-order valence-corrected chi connectivity index (χ2v) is 10.4. The van der Waals surface area contributed by atoms with Crippen molar-refractivity contribution in [3.63, 3.8) is 0 Å². The van der Waals surface area contributed by atoms with Crippen molar-refractivity contribution in [1.82, 2.24) is 0 Å². The Kier molecular flexibility index (Phi) is 27.9. The normalized spacial score (nSPS) is 11.9. The minimum absolute atomic E-state index is 0.111. The molecule has 0 bridgehead atoms. The molecule has 0 aromatic heterocycles. The van der Waals surface area contributed by atoms with Crippen LogP contribution >= 0.6 is 0 Å². The zero-order chi connectivity index (χ0) is 35.5. The van der Waals surface area contributed by atoms with Gasteiger partial charge in [-0.05, 0) is 56.7 Å². The highest BCUT2D eigenvalue weighted by Gasteiger charge is 2.18. The monoisotopic (exact) mass is 642 g/mol. The molecule has 1 aromatic carbocycles. The predicted molar refractivity (Wildman–Crippen MR) is 170 cm³/mol. The number of aliphatic carboxylic acids is 3. The number of hydrogen-bond donors (Lipinski definition) is 6. The third kappa shape index (κ3) is 22.2. The van der Waals surface area contributed by atoms with Gasteiger partial charge in [-0.15, -0.1) is 0 Å². The SMILES string of the molecule is CCCCC(CC)C(=O)O.CCCCC(CC)C(=O)O.CCCCC(CC)C(=O)O.O=C(O)c1ccc(C(=O)O)c(C(=O)O)c1. The van der Waals surface area contributed by atoms with Crippen molar-refractivity contribution in [2.75, 3.05) is 0 Å². The van der Waals surface area contributed by atoms with Crippen LogP contribution < -0.4 is 0 Å². The molecule has 3 unspecified atom stereocenters. The highest BCUT2D eigenvalue weighted by Crippen LogP contribution is 2.14. The molecule has 0 aliphatic carbocycles. The summed E-state index contributed by atoms with van der Waals surface area (Å²) in [5.41, 5.74) is -1.24. The molecule has 1 aromatic rings. The summed E-state index contributed by atoms with van der Waals surface area (Å²) in [5.74, 6) is -6.46. The molecule has 258 valence electrons. The number of unbranched alkanes of at least 4 members (excludes halogenated alkanes) is 3. The summed E-state index contributed by atoms with van der Waals surface area (Å²) in [5, 5.41) is 51.7. The van der Waals surface area contributed by atoms with Gasteiger partial charge in [0.25, 0.3) is 0 Å². The number of hydrogen-bond acceptors (Lipinski definition) is 6. The Hall–Kier alpha value is -3.96. The summed E-state index contributed by atoms with van der Waals surface area (Å²) < 4.78 is 0. The van der Waals surface area contributed by atoms with Gasteiger partial charge in [0.2, 0.25) is 0 Å². The van der Waals surface area contributed by atoms with E-state index in [1.54, 1.807) is 0 Å². The van der Waals surface area contributed by atoms with Gasteiger partial charge in [-0.3, -0.25) is 14.4 Å². The zero-order valence-electron chi connectivity index (χ0n) is 27.6. The van der Waals surface area contributed by atoms with E-state index in [0.717, 1.165) is 95.2 Å². The van der Waals surface area contributed by atoms with E-state index < -0.39 is 46.9 Å². The molecule has 0 spiro atoms. The van der Waals surface area contributed by atoms with E-state index in [1.165, 1.54) is 0 Å². The molecule has 1 rings (SSSR count). The topological polar surface area (TPSA) is 224 Å². The maximum absolute atomic E-state index is 10.6. The van der Waals surface area contributed by atoms with Crippen molar-refractivity contribution < 1.29 is 59.4 Å². The largest absolute Gasteiger partial charge is 0.481 e. The van der Waals surface area contributed by atoms with Crippen molar-refractivity contribution in [2.24, 2.45) is 17.8 Å². The van der Waals surface area contributed by atoms with Crippen LogP contribution in [0.25, 0.3) is 0 Å². The first kappa shape index (κ1) is 45.5. The third-order valence-electron chi connectivity index (χ3n) is 6.97. The van der Waals surface area contributed by atoms with Crippen molar-refractivity contribution in [1.29, 1.82) is 0 Å². The second-order valence-electron chi connectivity index (χ2n) is 10.4. The van der Waals surface area contributed by atoms with Crippen molar-refractivity contribution >= 4 is 35.8 Å². The summed E-state index contributed by atoms with van der Waals surface area (Å²) in [6.07, 6.45) is 11.1. The van der Waals surface area contributed by atoms with Gasteiger partial charge >= 0.3 is 35.8 Å². The molecule has 0 aliphatic rings. The summed E-state index contributed by atoms with van der Waals surface area (Å²) in [6, 6.07) is 2.81. The molecule has 0 fully saturated rings. The zero-order valence-corrected chi connectivity index (χ0v) is 27.6. The second kappa shape index (κ2) is 27.6. The van der Waals surface area contributed by atoms with E-state index in [9.17, 15) is 28.8 Å². The summed E-state index contributed by atoms with van der Waals surface area (Å²) in [4.78, 5) is 63.1. The van der Waals surface area contributed by atoms with E-state index >= 15 is 0 Å². The van der Waals surface area contributed by atoms with Crippen LogP contribution in [-0.2, 0) is 14.4 Å². The minimum Gasteiger partial charge on any atom is -0.481 e. The molecule has 0 aliphatic heterocycles. The number of carboxylic acids is 6. The van der Waals surface area contributed by atoms with Crippen LogP contribution in [0.2, 0.25) is 0 Å². The van der Waals surface area contributed by atoms with E-state index in [0.29, 0.717) is 0 Å². The molecule has 12 nitrogen and oxygen atoms in total. The highest BCUT2D eigenvalue weighted by atomic mass is 16.4. The predicted octanol–water partition coefficient (Wildman–Crippen LogP) is 7.64. The highest BCUT2D eigenvalue weighted by molar-refractivity contribution is 6.03. The number of aromatic carboxylic acids is 3. The van der Waals surface area contributed by atoms with Crippen molar-refractivity contribution in [3.8, 4) is 0 Å². The van der Waals surface area contributed by atoms with Gasteiger partial charge in [0, 0.05) is 0 Å². The van der Waals surface area contributed by atoms with Gasteiger partial charge in [0.05, 0.1) is 34.4 Å². The van der Waals surface area contributed by atoms with Gasteiger partial charge in [-0.2, -0.15) is 0 Å². The van der Waals surface area contributed by atoms with Crippen LogP contribution in [-0.4, -0.2) is 66.5 Å². The molecule has 0 heterocycles. The maximum atomic E-state index is 10.6. The lowest BCUT2D eigenvalue weighted by Gasteiger charge is -2.06. The van der Waals surface area contributed by atoms with Crippen LogP contribution in [0.15, 0.2) is 18.2 Å². The fourth-order valence-corrected chi connectivity index (χ4v) is 3.90. The van der Waals surface area contributed by atoms with E-state index in [2.05, 4.69) is 20.8 Å². The lowest BCUT2D eigenvalue weighted by atomic mass is 10.00. The third-order valence-corrected chi connectivity index (χ3v) is 6.97. The van der Waals surface area contributed by atoms with Gasteiger partial charge in [0.15, 0.2) is 0 Å². The number of carbonyl (C=O) groups is 6. The molecule has 0 amide bonds. The van der Waals surface area contributed by atoms with E-state index in [4.69, 9.17) is 30.6 Å². The Morgan fingerprint density at radius 3 is 1.00 bits per heavy atom. The molecule has 0 radical (unpaired) electrons. The Morgan fingerprint density at radius 1 is 0.489 bits per heavy atom. The van der Waals surface area contributed by atoms with Crippen LogP contribution in [0.1, 0.15) is 150 Å². The Morgan fingerprint density at radius 2 is 0.800 bits per heavy atom. The summed E-state index contributed by atoms with van der Waals surface area (Å²) in [6.45, 7) is 12.0. The average Bonchev–Trinajstić information content (AvgIpc) is 2.98. The lowest BCUT2D eigenvalue weighted by Crippen LogP contribution is -2.11. The number of rotatable bonds is 18. The van der Waals surface area contributed by atoms with Crippen molar-refractivity contribution in [2.45, 2.75) is 119 Å². The van der Waals surface area contributed by atoms with E-state index in [-0.39, 0.29) is 23.3 Å². The molecule has 0 saturated heterocycles. The lowest BCUT2D eigenvalue weighted by molar-refractivity contribution is -0.143. The molecule has 6 N–H and O–H groups in total. The average molecular weight is 643 g/mol. The number of carboxylic acid groups (broad SMARTS) is 6. The minimum atomic E-state index is -1.48. The first-order chi connectivity index (χ1) is 21.1. The quantitative estimate of drug-likeness (QED) is 0.0908. The van der Waals surface area contributed by atoms with Crippen LogP contribution in [0, 0.1) is 17.8 Å². The Bertz CT molecular complexity index is 973. The van der Waals surface area contributed by atoms with Crippen LogP contribution in [0.3, 0.4) is 0 Å². The van der Waals surface area contributed by atoms with Gasteiger partial charge < -0.3 is 30.6 Å². The molecule has 12 heteroatoms. The summed E-state index contributed by atoms with van der Waals surface area (Å²) in [7, 11) is 0. The summed E-state index contributed by atoms with van der Waals surface area (Å²) >= 11 is 0. The molecular formula is C33H54O12. The molecule has 0 saturated carbocycles. The molecule has 3 atom stereocenters. The van der Waals surface area contributed by atoms with Crippen molar-refractivity contribution in [3.05, 3.63) is 34.9 Å². The Balaban J connectivity index is -0.000000534. The maximum Gasteiger partial charge on any atom is 0.336 e. The van der Waals surface area contributed by atoms with Gasteiger partial charge in [-0.25, -0.2) is 14.4 Å². The van der Waals surface area contributed by atoms with Gasteiger partial charge in [-0.1, -0.05) is 80.1 Å². The standard InChI is InChI=1S/C9H6O6.3C8H16O2/c10-7(11)4-1-2-5(8(12)13)6(3-4)9(14)15;3*1-3-5-6-7(4-2)8(9)10/h1-3H,(H,10,11)(H,12,13)(H,14,15);3*7H,3-6H2,1-2H3,(H,9,10). The fraction of sp³-hybridized carbons (Fsp3) is 0.636. The first-order valence-electron chi connectivity index (χ1n) is 15.6. The van der Waals surface area contributed by atoms with Crippen LogP contribution in [0.4, 0.5) is 0 Å². The number of benzene rings is 1. The smallest absolute Gasteiger partial charge is 0.336 e. The fourth-order valence-electron chi connectivity index (χ4n) is 3.90. The van der Waals surface area contributed by atoms with Crippen LogP contribution in [0.5, 0.6) is 0 Å². The first-order valence-corrected chi connectivity index (χ1v) is 15.6. The molecular weight excluding hydrogens is 588 g/mol. The van der Waals surface area contributed by atoms with E-state index in [1.807, 2.05) is 20.8 Å². The Labute approximate surface area is 266 Å². The van der Waals surface area contributed by atoms with Gasteiger partial charge in [0.1, 0.15) is 0 Å².